The first-order valence-electron chi connectivity index (χ1n) is 4.56. The Hall–Kier alpha value is -0.790. The Morgan fingerprint density at radius 1 is 1.42 bits per heavy atom. The number of carbonyl (C=O) groups is 1. The molecule has 0 heterocycles. The second-order valence-electron chi connectivity index (χ2n) is 2.78. The summed E-state index contributed by atoms with van der Waals surface area (Å²) >= 11 is 0. The summed E-state index contributed by atoms with van der Waals surface area (Å²) in [5.41, 5.74) is 0.716. The van der Waals surface area contributed by atoms with Gasteiger partial charge >= 0.3 is 5.97 Å². The summed E-state index contributed by atoms with van der Waals surface area (Å²) in [6, 6.07) is 0. The van der Waals surface area contributed by atoms with E-state index in [0.717, 1.165) is 19.3 Å². The van der Waals surface area contributed by atoms with E-state index in [4.69, 9.17) is 4.74 Å². The molecule has 0 rings (SSSR count). The fourth-order valence-corrected chi connectivity index (χ4v) is 0.813. The van der Waals surface area contributed by atoms with E-state index >= 15 is 0 Å². The van der Waals surface area contributed by atoms with Gasteiger partial charge in [0.25, 0.3) is 0 Å². The van der Waals surface area contributed by atoms with Gasteiger partial charge in [-0.3, -0.25) is 0 Å². The smallest absolute Gasteiger partial charge is 0.333 e. The van der Waals surface area contributed by atoms with Crippen molar-refractivity contribution in [2.24, 2.45) is 0 Å². The average molecular weight is 170 g/mol. The van der Waals surface area contributed by atoms with Crippen molar-refractivity contribution in [1.82, 2.24) is 0 Å². The minimum atomic E-state index is -0.176. The van der Waals surface area contributed by atoms with Crippen molar-refractivity contribution in [3.63, 3.8) is 0 Å². The maximum absolute atomic E-state index is 11.1. The topological polar surface area (TPSA) is 26.3 Å². The maximum Gasteiger partial charge on any atom is 0.333 e. The summed E-state index contributed by atoms with van der Waals surface area (Å²) in [6.45, 7) is 6.41. The van der Waals surface area contributed by atoms with Crippen molar-refractivity contribution >= 4 is 5.97 Å². The number of hydrogen-bond acceptors (Lipinski definition) is 2. The van der Waals surface area contributed by atoms with Gasteiger partial charge in [-0.15, -0.1) is 0 Å². The molecule has 0 aromatic heterocycles. The predicted octanol–water partition coefficient (Wildman–Crippen LogP) is 2.69. The van der Waals surface area contributed by atoms with E-state index in [1.165, 1.54) is 0 Å². The maximum atomic E-state index is 11.1. The van der Waals surface area contributed by atoms with Gasteiger partial charge in [-0.05, 0) is 19.8 Å². The van der Waals surface area contributed by atoms with Crippen LogP contribution in [0.4, 0.5) is 0 Å². The summed E-state index contributed by atoms with van der Waals surface area (Å²) in [6.07, 6.45) is 4.78. The lowest BCUT2D eigenvalue weighted by Crippen LogP contribution is -2.06. The lowest BCUT2D eigenvalue weighted by atomic mass is 10.2. The molecule has 70 valence electrons. The van der Waals surface area contributed by atoms with Crippen molar-refractivity contribution in [1.29, 1.82) is 0 Å². The molecule has 0 aromatic carbocycles. The molecular formula is C10H18O2. The standard InChI is InChI=1S/C10H18O2/c1-4-6-8-12-10(11)9(3)7-5-2/h7H,4-6,8H2,1-3H3/b9-7+. The summed E-state index contributed by atoms with van der Waals surface area (Å²) in [4.78, 5) is 11.1. The Labute approximate surface area is 74.6 Å². The van der Waals surface area contributed by atoms with Crippen LogP contribution in [0.1, 0.15) is 40.0 Å². The van der Waals surface area contributed by atoms with E-state index in [2.05, 4.69) is 6.92 Å². The SMILES string of the molecule is CC/C=C(\C)C(=O)OCCCC. The molecule has 0 fully saturated rings. The van der Waals surface area contributed by atoms with Gasteiger partial charge < -0.3 is 4.74 Å². The fourth-order valence-electron chi connectivity index (χ4n) is 0.813. The quantitative estimate of drug-likeness (QED) is 0.360. The molecule has 0 saturated heterocycles. The van der Waals surface area contributed by atoms with Crippen molar-refractivity contribution in [2.45, 2.75) is 40.0 Å². The zero-order valence-electron chi connectivity index (χ0n) is 8.22. The second kappa shape index (κ2) is 6.89. The van der Waals surface area contributed by atoms with Crippen LogP contribution >= 0.6 is 0 Å². The molecule has 0 aliphatic rings. The summed E-state index contributed by atoms with van der Waals surface area (Å²) in [7, 11) is 0. The Balaban J connectivity index is 3.64. The van der Waals surface area contributed by atoms with E-state index < -0.39 is 0 Å². The van der Waals surface area contributed by atoms with Crippen LogP contribution in [0.25, 0.3) is 0 Å². The number of hydrogen-bond donors (Lipinski definition) is 0. The third kappa shape index (κ3) is 4.94. The molecule has 0 unspecified atom stereocenters. The van der Waals surface area contributed by atoms with Crippen LogP contribution in [0, 0.1) is 0 Å². The van der Waals surface area contributed by atoms with Crippen LogP contribution in [-0.2, 0) is 9.53 Å². The lowest BCUT2D eigenvalue weighted by Gasteiger charge is -2.02. The van der Waals surface area contributed by atoms with Gasteiger partial charge in [-0.25, -0.2) is 4.79 Å². The van der Waals surface area contributed by atoms with Gasteiger partial charge in [0.2, 0.25) is 0 Å². The van der Waals surface area contributed by atoms with Crippen LogP contribution in [0.5, 0.6) is 0 Å². The van der Waals surface area contributed by atoms with Gasteiger partial charge in [-0.2, -0.15) is 0 Å². The van der Waals surface area contributed by atoms with E-state index in [9.17, 15) is 4.79 Å². The normalized spacial score (nSPS) is 11.4. The summed E-state index contributed by atoms with van der Waals surface area (Å²) in [5.74, 6) is -0.176. The van der Waals surface area contributed by atoms with Gasteiger partial charge in [-0.1, -0.05) is 26.3 Å². The summed E-state index contributed by atoms with van der Waals surface area (Å²) < 4.78 is 4.99. The highest BCUT2D eigenvalue weighted by molar-refractivity contribution is 5.87. The molecule has 2 heteroatoms. The first-order chi connectivity index (χ1) is 5.72. The average Bonchev–Trinajstić information content (AvgIpc) is 2.05. The number of allylic oxidation sites excluding steroid dienone is 1. The third-order valence-corrected chi connectivity index (χ3v) is 1.56. The van der Waals surface area contributed by atoms with E-state index in [1.54, 1.807) is 6.92 Å². The largest absolute Gasteiger partial charge is 0.462 e. The molecule has 2 nitrogen and oxygen atoms in total. The van der Waals surface area contributed by atoms with Crippen molar-refractivity contribution < 1.29 is 9.53 Å². The molecule has 0 radical (unpaired) electrons. The molecule has 0 aliphatic heterocycles. The molecule has 0 atom stereocenters. The highest BCUT2D eigenvalue weighted by Gasteiger charge is 2.02. The van der Waals surface area contributed by atoms with E-state index in [1.807, 2.05) is 13.0 Å². The van der Waals surface area contributed by atoms with Crippen LogP contribution in [0.3, 0.4) is 0 Å². The number of ether oxygens (including phenoxy) is 1. The predicted molar refractivity (Wildman–Crippen MR) is 49.9 cm³/mol. The summed E-state index contributed by atoms with van der Waals surface area (Å²) in [5, 5.41) is 0. The van der Waals surface area contributed by atoms with Crippen molar-refractivity contribution in [3.05, 3.63) is 11.6 Å². The highest BCUT2D eigenvalue weighted by Crippen LogP contribution is 1.99. The molecule has 0 aromatic rings. The minimum Gasteiger partial charge on any atom is -0.462 e. The van der Waals surface area contributed by atoms with E-state index in [-0.39, 0.29) is 5.97 Å². The molecule has 0 saturated carbocycles. The molecular weight excluding hydrogens is 152 g/mol. The first kappa shape index (κ1) is 11.2. The third-order valence-electron chi connectivity index (χ3n) is 1.56. The highest BCUT2D eigenvalue weighted by atomic mass is 16.5. The fraction of sp³-hybridized carbons (Fsp3) is 0.700. The first-order valence-corrected chi connectivity index (χ1v) is 4.56. The molecule has 0 bridgehead atoms. The number of carbonyl (C=O) groups excluding carboxylic acids is 1. The van der Waals surface area contributed by atoms with Crippen molar-refractivity contribution in [3.8, 4) is 0 Å². The van der Waals surface area contributed by atoms with Crippen LogP contribution < -0.4 is 0 Å². The van der Waals surface area contributed by atoms with Crippen LogP contribution in [0.2, 0.25) is 0 Å². The number of esters is 1. The Bertz CT molecular complexity index is 159. The van der Waals surface area contributed by atoms with Gasteiger partial charge in [0.05, 0.1) is 6.61 Å². The van der Waals surface area contributed by atoms with Gasteiger partial charge in [0, 0.05) is 5.57 Å². The zero-order valence-corrected chi connectivity index (χ0v) is 8.22. The molecule has 0 amide bonds. The Kier molecular flexibility index (Phi) is 6.44. The molecule has 12 heavy (non-hydrogen) atoms. The Morgan fingerprint density at radius 3 is 2.58 bits per heavy atom. The zero-order chi connectivity index (χ0) is 9.40. The van der Waals surface area contributed by atoms with Gasteiger partial charge in [0.1, 0.15) is 0 Å². The van der Waals surface area contributed by atoms with Crippen molar-refractivity contribution in [2.75, 3.05) is 6.61 Å². The Morgan fingerprint density at radius 2 is 2.08 bits per heavy atom. The lowest BCUT2D eigenvalue weighted by molar-refractivity contribution is -0.139. The van der Waals surface area contributed by atoms with Gasteiger partial charge in [0.15, 0.2) is 0 Å². The van der Waals surface area contributed by atoms with Crippen LogP contribution in [0.15, 0.2) is 11.6 Å². The molecule has 0 N–H and O–H groups in total. The molecule has 0 spiro atoms. The second-order valence-corrected chi connectivity index (χ2v) is 2.78. The monoisotopic (exact) mass is 170 g/mol. The van der Waals surface area contributed by atoms with Crippen LogP contribution in [-0.4, -0.2) is 12.6 Å². The number of unbranched alkanes of at least 4 members (excludes halogenated alkanes) is 1. The van der Waals surface area contributed by atoms with E-state index in [0.29, 0.717) is 12.2 Å². The minimum absolute atomic E-state index is 0.176. The molecule has 0 aliphatic carbocycles. The number of rotatable bonds is 5.